The summed E-state index contributed by atoms with van der Waals surface area (Å²) in [6.07, 6.45) is 0.899. The third-order valence-electron chi connectivity index (χ3n) is 2.45. The van der Waals surface area contributed by atoms with E-state index in [0.717, 1.165) is 10.9 Å². The molecule has 0 aliphatic carbocycles. The number of nitrogens with one attached hydrogen (secondary N) is 1. The highest BCUT2D eigenvalue weighted by atomic mass is 79.9. The zero-order valence-electron chi connectivity index (χ0n) is 11.3. The molecule has 1 aromatic rings. The first-order valence-electron chi connectivity index (χ1n) is 5.99. The van der Waals surface area contributed by atoms with E-state index in [1.54, 1.807) is 24.3 Å². The highest BCUT2D eigenvalue weighted by Gasteiger charge is 2.19. The molecule has 0 amide bonds. The van der Waals surface area contributed by atoms with Crippen LogP contribution in [0.3, 0.4) is 0 Å². The van der Waals surface area contributed by atoms with E-state index in [9.17, 15) is 8.42 Å². The monoisotopic (exact) mass is 411 g/mol. The molecule has 6 heteroatoms. The average molecular weight is 413 g/mol. The van der Waals surface area contributed by atoms with Gasteiger partial charge in [-0.1, -0.05) is 52.6 Å². The Hall–Kier alpha value is 0.0900. The highest BCUT2D eigenvalue weighted by molar-refractivity contribution is 9.10. The molecule has 0 saturated heterocycles. The Morgan fingerprint density at radius 1 is 1.21 bits per heavy atom. The quantitative estimate of drug-likeness (QED) is 0.744. The maximum absolute atomic E-state index is 12.1. The molecule has 1 aromatic carbocycles. The molecule has 19 heavy (non-hydrogen) atoms. The van der Waals surface area contributed by atoms with E-state index in [-0.39, 0.29) is 15.1 Å². The Morgan fingerprint density at radius 3 is 2.21 bits per heavy atom. The number of sulfonamides is 1. The van der Waals surface area contributed by atoms with Crippen molar-refractivity contribution in [3.8, 4) is 0 Å². The summed E-state index contributed by atoms with van der Waals surface area (Å²) in [5.41, 5.74) is 0.164. The number of alkyl halides is 1. The van der Waals surface area contributed by atoms with Crippen LogP contribution in [0.4, 0.5) is 0 Å². The second-order valence-electron chi connectivity index (χ2n) is 5.67. The van der Waals surface area contributed by atoms with Crippen molar-refractivity contribution in [3.05, 3.63) is 28.7 Å². The normalized spacial score (nSPS) is 14.4. The summed E-state index contributed by atoms with van der Waals surface area (Å²) in [5.74, 6) is 0. The smallest absolute Gasteiger partial charge is 0.210 e. The second-order valence-corrected chi connectivity index (χ2v) is 9.65. The molecule has 1 N–H and O–H groups in total. The van der Waals surface area contributed by atoms with Gasteiger partial charge in [0, 0.05) is 15.8 Å². The van der Waals surface area contributed by atoms with Crippen molar-refractivity contribution in [2.75, 3.05) is 6.54 Å². The summed E-state index contributed by atoms with van der Waals surface area (Å²) >= 11 is 6.80. The predicted molar refractivity (Wildman–Crippen MR) is 86.1 cm³/mol. The summed E-state index contributed by atoms with van der Waals surface area (Å²) in [6, 6.07) is 6.60. The second kappa shape index (κ2) is 6.70. The number of halogens is 2. The standard InChI is InChI=1S/C13H19Br2NO2S/c1-13(2,3)8-11(15)9-16-19(17,18)12-6-4-10(14)5-7-12/h4-7,11,16H,8-9H2,1-3H3. The molecule has 0 radical (unpaired) electrons. The van der Waals surface area contributed by atoms with E-state index < -0.39 is 10.0 Å². The van der Waals surface area contributed by atoms with Crippen LogP contribution in [0.5, 0.6) is 0 Å². The summed E-state index contributed by atoms with van der Waals surface area (Å²) in [6.45, 7) is 6.77. The molecule has 3 nitrogen and oxygen atoms in total. The summed E-state index contributed by atoms with van der Waals surface area (Å²) < 4.78 is 27.6. The van der Waals surface area contributed by atoms with Crippen LogP contribution < -0.4 is 4.72 Å². The predicted octanol–water partition coefficient (Wildman–Crippen LogP) is 3.93. The molecule has 1 atom stereocenters. The lowest BCUT2D eigenvalue weighted by Gasteiger charge is -2.22. The Labute approximate surface area is 132 Å². The van der Waals surface area contributed by atoms with Gasteiger partial charge in [0.25, 0.3) is 0 Å². The van der Waals surface area contributed by atoms with Gasteiger partial charge in [0.2, 0.25) is 10.0 Å². The molecule has 0 fully saturated rings. The molecule has 0 aliphatic heterocycles. The minimum Gasteiger partial charge on any atom is -0.210 e. The molecule has 1 rings (SSSR count). The van der Waals surface area contributed by atoms with E-state index in [2.05, 4.69) is 57.4 Å². The minimum atomic E-state index is -3.43. The molecular weight excluding hydrogens is 394 g/mol. The Morgan fingerprint density at radius 2 is 1.74 bits per heavy atom. The van der Waals surface area contributed by atoms with E-state index in [0.29, 0.717) is 6.54 Å². The van der Waals surface area contributed by atoms with Gasteiger partial charge in [-0.25, -0.2) is 13.1 Å². The van der Waals surface area contributed by atoms with Crippen molar-refractivity contribution >= 4 is 41.9 Å². The molecule has 0 saturated carbocycles. The molecule has 0 aromatic heterocycles. The van der Waals surface area contributed by atoms with Crippen molar-refractivity contribution in [2.45, 2.75) is 36.9 Å². The van der Waals surface area contributed by atoms with Crippen molar-refractivity contribution < 1.29 is 8.42 Å². The lowest BCUT2D eigenvalue weighted by atomic mass is 9.91. The zero-order valence-corrected chi connectivity index (χ0v) is 15.3. The van der Waals surface area contributed by atoms with Gasteiger partial charge in [0.1, 0.15) is 0 Å². The fourth-order valence-electron chi connectivity index (χ4n) is 1.63. The van der Waals surface area contributed by atoms with Crippen LogP contribution in [0.15, 0.2) is 33.6 Å². The Kier molecular flexibility index (Phi) is 6.04. The average Bonchev–Trinajstić information content (AvgIpc) is 2.25. The van der Waals surface area contributed by atoms with Crippen LogP contribution in [0.25, 0.3) is 0 Å². The van der Waals surface area contributed by atoms with Crippen LogP contribution in [0, 0.1) is 5.41 Å². The molecule has 0 bridgehead atoms. The van der Waals surface area contributed by atoms with Crippen molar-refractivity contribution in [2.24, 2.45) is 5.41 Å². The topological polar surface area (TPSA) is 46.2 Å². The number of hydrogen-bond donors (Lipinski definition) is 1. The number of hydrogen-bond acceptors (Lipinski definition) is 2. The summed E-state index contributed by atoms with van der Waals surface area (Å²) in [7, 11) is -3.43. The van der Waals surface area contributed by atoms with Crippen molar-refractivity contribution in [1.82, 2.24) is 4.72 Å². The van der Waals surface area contributed by atoms with Gasteiger partial charge in [-0.2, -0.15) is 0 Å². The van der Waals surface area contributed by atoms with Crippen molar-refractivity contribution in [1.29, 1.82) is 0 Å². The minimum absolute atomic E-state index is 0.123. The largest absolute Gasteiger partial charge is 0.240 e. The molecule has 1 unspecified atom stereocenters. The molecule has 0 heterocycles. The SMILES string of the molecule is CC(C)(C)CC(Br)CNS(=O)(=O)c1ccc(Br)cc1. The summed E-state index contributed by atoms with van der Waals surface area (Å²) in [4.78, 5) is 0.406. The Bertz CT molecular complexity index is 506. The first-order chi connectivity index (χ1) is 8.60. The molecular formula is C13H19Br2NO2S. The number of rotatable bonds is 5. The Balaban J connectivity index is 2.63. The maximum Gasteiger partial charge on any atom is 0.240 e. The van der Waals surface area contributed by atoms with Gasteiger partial charge in [-0.15, -0.1) is 0 Å². The fourth-order valence-corrected chi connectivity index (χ4v) is 4.33. The van der Waals surface area contributed by atoms with Gasteiger partial charge in [-0.05, 0) is 36.1 Å². The van der Waals surface area contributed by atoms with Gasteiger partial charge >= 0.3 is 0 Å². The van der Waals surface area contributed by atoms with Gasteiger partial charge in [0.15, 0.2) is 0 Å². The van der Waals surface area contributed by atoms with Crippen LogP contribution >= 0.6 is 31.9 Å². The molecule has 0 aliphatic rings. The lowest BCUT2D eigenvalue weighted by molar-refractivity contribution is 0.373. The zero-order chi connectivity index (χ0) is 14.7. The van der Waals surface area contributed by atoms with Gasteiger partial charge < -0.3 is 0 Å². The van der Waals surface area contributed by atoms with Gasteiger partial charge in [-0.3, -0.25) is 0 Å². The van der Waals surface area contributed by atoms with Crippen LogP contribution in [-0.4, -0.2) is 19.8 Å². The molecule has 0 spiro atoms. The van der Waals surface area contributed by atoms with Crippen LogP contribution in [-0.2, 0) is 10.0 Å². The van der Waals surface area contributed by atoms with E-state index in [1.807, 2.05) is 0 Å². The first-order valence-corrected chi connectivity index (χ1v) is 9.19. The third-order valence-corrected chi connectivity index (χ3v) is 5.07. The van der Waals surface area contributed by atoms with E-state index in [4.69, 9.17) is 0 Å². The highest BCUT2D eigenvalue weighted by Crippen LogP contribution is 2.24. The van der Waals surface area contributed by atoms with Crippen molar-refractivity contribution in [3.63, 3.8) is 0 Å². The maximum atomic E-state index is 12.1. The van der Waals surface area contributed by atoms with Crippen LogP contribution in [0.1, 0.15) is 27.2 Å². The first kappa shape index (κ1) is 17.1. The lowest BCUT2D eigenvalue weighted by Crippen LogP contribution is -2.31. The van der Waals surface area contributed by atoms with E-state index in [1.165, 1.54) is 0 Å². The third kappa shape index (κ3) is 6.38. The number of benzene rings is 1. The van der Waals surface area contributed by atoms with Crippen LogP contribution in [0.2, 0.25) is 0 Å². The fraction of sp³-hybridized carbons (Fsp3) is 0.538. The summed E-state index contributed by atoms with van der Waals surface area (Å²) in [5, 5.41) is 0. The van der Waals surface area contributed by atoms with E-state index >= 15 is 0 Å². The molecule has 108 valence electrons. The van der Waals surface area contributed by atoms with Gasteiger partial charge in [0.05, 0.1) is 4.90 Å².